The largest absolute Gasteiger partial charge is 0.336 e. The second-order valence-electron chi connectivity index (χ2n) is 4.25. The maximum absolute atomic E-state index is 11.9. The molecule has 1 atom stereocenters. The minimum absolute atomic E-state index is 0.204. The van der Waals surface area contributed by atoms with Gasteiger partial charge in [-0.1, -0.05) is 0 Å². The number of hydrogen-bond donors (Lipinski definition) is 2. The number of nitrogens with zero attached hydrogens (tertiary/aromatic N) is 3. The number of hydrogen-bond acceptors (Lipinski definition) is 4. The van der Waals surface area contributed by atoms with E-state index in [2.05, 4.69) is 9.71 Å². The summed E-state index contributed by atoms with van der Waals surface area (Å²) >= 11 is 0. The van der Waals surface area contributed by atoms with Gasteiger partial charge in [-0.05, 0) is 19.9 Å². The zero-order valence-electron chi connectivity index (χ0n) is 10.8. The molecule has 1 aromatic heterocycles. The Morgan fingerprint density at radius 1 is 1.56 bits per heavy atom. The van der Waals surface area contributed by atoms with Gasteiger partial charge < -0.3 is 10.3 Å². The Morgan fingerprint density at radius 2 is 2.28 bits per heavy atom. The molecule has 0 aliphatic carbocycles. The summed E-state index contributed by atoms with van der Waals surface area (Å²) in [5, 5.41) is 0. The molecule has 0 aliphatic rings. The fraction of sp³-hybridized carbons (Fsp3) is 0.700. The zero-order chi connectivity index (χ0) is 13.6. The van der Waals surface area contributed by atoms with Crippen molar-refractivity contribution in [2.75, 3.05) is 20.1 Å². The third kappa shape index (κ3) is 4.73. The molecule has 1 heterocycles. The Hall–Kier alpha value is -0.960. The van der Waals surface area contributed by atoms with Gasteiger partial charge in [0.2, 0.25) is 0 Å². The van der Waals surface area contributed by atoms with Crippen LogP contribution in [0.4, 0.5) is 0 Å². The first-order valence-electron chi connectivity index (χ1n) is 5.85. The molecule has 0 saturated heterocycles. The maximum atomic E-state index is 11.9. The Morgan fingerprint density at radius 3 is 2.83 bits per heavy atom. The summed E-state index contributed by atoms with van der Waals surface area (Å²) in [4.78, 5) is 3.91. The van der Waals surface area contributed by atoms with E-state index in [1.54, 1.807) is 25.8 Å². The lowest BCUT2D eigenvalue weighted by Crippen LogP contribution is -2.44. The molecule has 1 aromatic rings. The predicted octanol–water partition coefficient (Wildman–Crippen LogP) is -0.613. The minimum atomic E-state index is -3.44. The topological polar surface area (TPSA) is 93.2 Å². The van der Waals surface area contributed by atoms with Crippen LogP contribution in [-0.2, 0) is 16.8 Å². The molecule has 1 rings (SSSR count). The molecule has 0 spiro atoms. The minimum Gasteiger partial charge on any atom is -0.336 e. The van der Waals surface area contributed by atoms with E-state index in [1.807, 2.05) is 11.5 Å². The highest BCUT2D eigenvalue weighted by atomic mass is 32.2. The average Bonchev–Trinajstić information content (AvgIpc) is 2.77. The van der Waals surface area contributed by atoms with E-state index < -0.39 is 10.2 Å². The lowest BCUT2D eigenvalue weighted by Gasteiger charge is -2.21. The van der Waals surface area contributed by atoms with E-state index in [-0.39, 0.29) is 6.04 Å². The Labute approximate surface area is 108 Å². The number of imidazole rings is 1. The molecule has 1 unspecified atom stereocenters. The standard InChI is InChI=1S/C10H21N5O2S/c1-10(8-15-7-5-12-9-15)13-18(16,17)14(2)6-3-4-11/h5,7,9-10,13H,3-4,6,8,11H2,1-2H3. The molecule has 0 bridgehead atoms. The monoisotopic (exact) mass is 275 g/mol. The highest BCUT2D eigenvalue weighted by molar-refractivity contribution is 7.87. The first-order chi connectivity index (χ1) is 8.45. The third-order valence-corrected chi connectivity index (χ3v) is 4.18. The molecule has 0 amide bonds. The average molecular weight is 275 g/mol. The summed E-state index contributed by atoms with van der Waals surface area (Å²) in [6.45, 7) is 3.26. The Balaban J connectivity index is 2.49. The molecule has 8 heteroatoms. The van der Waals surface area contributed by atoms with E-state index in [0.29, 0.717) is 26.1 Å². The zero-order valence-corrected chi connectivity index (χ0v) is 11.6. The van der Waals surface area contributed by atoms with Crippen LogP contribution in [-0.4, -0.2) is 48.5 Å². The molecule has 0 saturated carbocycles. The number of nitrogens with two attached hydrogens (primary N) is 1. The first kappa shape index (κ1) is 15.1. The van der Waals surface area contributed by atoms with Crippen molar-refractivity contribution in [3.05, 3.63) is 18.7 Å². The van der Waals surface area contributed by atoms with Crippen molar-refractivity contribution in [2.45, 2.75) is 25.9 Å². The fourth-order valence-electron chi connectivity index (χ4n) is 1.53. The molecule has 0 aliphatic heterocycles. The fourth-order valence-corrected chi connectivity index (χ4v) is 2.66. The Kier molecular flexibility index (Phi) is 5.73. The highest BCUT2D eigenvalue weighted by Crippen LogP contribution is 1.99. The highest BCUT2D eigenvalue weighted by Gasteiger charge is 2.19. The first-order valence-corrected chi connectivity index (χ1v) is 7.29. The van der Waals surface area contributed by atoms with Crippen molar-refractivity contribution in [3.63, 3.8) is 0 Å². The molecule has 7 nitrogen and oxygen atoms in total. The van der Waals surface area contributed by atoms with Crippen LogP contribution >= 0.6 is 0 Å². The van der Waals surface area contributed by atoms with Crippen molar-refractivity contribution in [3.8, 4) is 0 Å². The van der Waals surface area contributed by atoms with Gasteiger partial charge in [0.1, 0.15) is 0 Å². The van der Waals surface area contributed by atoms with E-state index in [9.17, 15) is 8.42 Å². The van der Waals surface area contributed by atoms with Crippen LogP contribution in [0.25, 0.3) is 0 Å². The van der Waals surface area contributed by atoms with Crippen molar-refractivity contribution in [1.29, 1.82) is 0 Å². The normalized spacial score (nSPS) is 14.0. The smallest absolute Gasteiger partial charge is 0.279 e. The van der Waals surface area contributed by atoms with Crippen LogP contribution in [0.5, 0.6) is 0 Å². The third-order valence-electron chi connectivity index (χ3n) is 2.48. The van der Waals surface area contributed by atoms with Gasteiger partial charge >= 0.3 is 0 Å². The van der Waals surface area contributed by atoms with Crippen molar-refractivity contribution < 1.29 is 8.42 Å². The van der Waals surface area contributed by atoms with Crippen LogP contribution in [0, 0.1) is 0 Å². The van der Waals surface area contributed by atoms with Crippen molar-refractivity contribution in [2.24, 2.45) is 5.73 Å². The molecule has 18 heavy (non-hydrogen) atoms. The number of rotatable bonds is 8. The van der Waals surface area contributed by atoms with Gasteiger partial charge in [-0.3, -0.25) is 0 Å². The van der Waals surface area contributed by atoms with E-state index in [0.717, 1.165) is 0 Å². The SMILES string of the molecule is CC(Cn1ccnc1)NS(=O)(=O)N(C)CCCN. The van der Waals surface area contributed by atoms with Gasteiger partial charge in [-0.2, -0.15) is 17.4 Å². The van der Waals surface area contributed by atoms with E-state index >= 15 is 0 Å². The molecule has 0 aromatic carbocycles. The molecule has 104 valence electrons. The summed E-state index contributed by atoms with van der Waals surface area (Å²) < 4.78 is 29.6. The van der Waals surface area contributed by atoms with Crippen LogP contribution in [0.2, 0.25) is 0 Å². The molecule has 3 N–H and O–H groups in total. The maximum Gasteiger partial charge on any atom is 0.279 e. The molecular formula is C10H21N5O2S. The van der Waals surface area contributed by atoms with Gasteiger partial charge in [0.25, 0.3) is 10.2 Å². The molecule has 0 radical (unpaired) electrons. The van der Waals surface area contributed by atoms with Crippen LogP contribution in [0.1, 0.15) is 13.3 Å². The number of aromatic nitrogens is 2. The van der Waals surface area contributed by atoms with Crippen LogP contribution < -0.4 is 10.5 Å². The van der Waals surface area contributed by atoms with Gasteiger partial charge in [0.05, 0.1) is 6.33 Å². The Bertz CT molecular complexity index is 431. The second-order valence-corrected chi connectivity index (χ2v) is 6.06. The second kappa shape index (κ2) is 6.83. The summed E-state index contributed by atoms with van der Waals surface area (Å²) in [5.74, 6) is 0. The van der Waals surface area contributed by atoms with Crippen molar-refractivity contribution in [1.82, 2.24) is 18.6 Å². The summed E-state index contributed by atoms with van der Waals surface area (Å²) in [6.07, 6.45) is 5.76. The van der Waals surface area contributed by atoms with Gasteiger partial charge in [-0.25, -0.2) is 4.98 Å². The summed E-state index contributed by atoms with van der Waals surface area (Å²) in [7, 11) is -1.90. The van der Waals surface area contributed by atoms with E-state index in [1.165, 1.54) is 4.31 Å². The lowest BCUT2D eigenvalue weighted by atomic mass is 10.4. The number of nitrogens with one attached hydrogen (secondary N) is 1. The molecular weight excluding hydrogens is 254 g/mol. The van der Waals surface area contributed by atoms with E-state index in [4.69, 9.17) is 5.73 Å². The van der Waals surface area contributed by atoms with Crippen molar-refractivity contribution >= 4 is 10.2 Å². The lowest BCUT2D eigenvalue weighted by molar-refractivity contribution is 0.436. The molecule has 0 fully saturated rings. The van der Waals surface area contributed by atoms with Gasteiger partial charge in [0, 0.05) is 38.6 Å². The predicted molar refractivity (Wildman–Crippen MR) is 70.0 cm³/mol. The quantitative estimate of drug-likeness (QED) is 0.661. The summed E-state index contributed by atoms with van der Waals surface area (Å²) in [6, 6.07) is -0.204. The van der Waals surface area contributed by atoms with Crippen LogP contribution in [0.15, 0.2) is 18.7 Å². The summed E-state index contributed by atoms with van der Waals surface area (Å²) in [5.41, 5.74) is 5.36. The van der Waals surface area contributed by atoms with Crippen LogP contribution in [0.3, 0.4) is 0 Å². The van der Waals surface area contributed by atoms with Gasteiger partial charge in [-0.15, -0.1) is 0 Å². The van der Waals surface area contributed by atoms with Gasteiger partial charge in [0.15, 0.2) is 0 Å².